The Morgan fingerprint density at radius 1 is 1.00 bits per heavy atom. The molecule has 16 heteroatoms. The zero-order valence-corrected chi connectivity index (χ0v) is 30.8. The number of benzene rings is 3. The van der Waals surface area contributed by atoms with Gasteiger partial charge in [0.25, 0.3) is 11.7 Å². The molecule has 0 saturated heterocycles. The lowest BCUT2D eigenvalue weighted by atomic mass is 9.95. The topological polar surface area (TPSA) is 212 Å². The first-order chi connectivity index (χ1) is 26.1. The number of carboxylic acids is 1. The van der Waals surface area contributed by atoms with Crippen molar-refractivity contribution >= 4 is 61.9 Å². The fourth-order valence-electron chi connectivity index (χ4n) is 6.91. The molecule has 2 saturated carbocycles. The van der Waals surface area contributed by atoms with Crippen LogP contribution in [0, 0.1) is 5.82 Å². The van der Waals surface area contributed by atoms with Gasteiger partial charge >= 0.3 is 5.97 Å². The molecule has 1 heterocycles. The van der Waals surface area contributed by atoms with Crippen molar-refractivity contribution in [2.24, 2.45) is 0 Å². The minimum Gasteiger partial charge on any atom is -0.507 e. The van der Waals surface area contributed by atoms with Crippen molar-refractivity contribution in [2.75, 3.05) is 24.2 Å². The van der Waals surface area contributed by atoms with Crippen LogP contribution in [0.2, 0.25) is 0 Å². The van der Waals surface area contributed by atoms with E-state index in [-0.39, 0.29) is 40.6 Å². The van der Waals surface area contributed by atoms with E-state index in [0.717, 1.165) is 23.4 Å². The first-order valence-electron chi connectivity index (χ1n) is 17.5. The normalized spacial score (nSPS) is 15.4. The lowest BCUT2D eigenvalue weighted by Gasteiger charge is -2.31. The smallest absolute Gasteiger partial charge is 0.376 e. The molecule has 3 aromatic carbocycles. The van der Waals surface area contributed by atoms with E-state index < -0.39 is 63.2 Å². The van der Waals surface area contributed by atoms with E-state index in [0.29, 0.717) is 53.8 Å². The van der Waals surface area contributed by atoms with E-state index in [1.165, 1.54) is 49.5 Å². The van der Waals surface area contributed by atoms with Gasteiger partial charge < -0.3 is 30.6 Å². The molecule has 3 amide bonds. The average Bonchev–Trinajstić information content (AvgIpc) is 3.77. The highest BCUT2D eigenvalue weighted by atomic mass is 32.2. The molecule has 1 aromatic heterocycles. The number of hydrogen-bond acceptors (Lipinski definition) is 9. The molecule has 288 valence electrons. The molecule has 2 fully saturated rings. The maximum Gasteiger partial charge on any atom is 0.376 e. The van der Waals surface area contributed by atoms with Gasteiger partial charge in [0.05, 0.1) is 17.5 Å². The summed E-state index contributed by atoms with van der Waals surface area (Å²) in [6.45, 7) is -0.693. The molecule has 14 nitrogen and oxygen atoms in total. The van der Waals surface area contributed by atoms with E-state index in [4.69, 9.17) is 9.52 Å². The Kier molecular flexibility index (Phi) is 10.8. The van der Waals surface area contributed by atoms with Gasteiger partial charge in [-0.3, -0.25) is 23.5 Å². The Morgan fingerprint density at radius 2 is 1.69 bits per heavy atom. The Hall–Kier alpha value is -6.03. The van der Waals surface area contributed by atoms with Crippen LogP contribution in [0.3, 0.4) is 0 Å². The number of aliphatic hydroxyl groups is 1. The monoisotopic (exact) mass is 774 g/mol. The molecule has 2 aliphatic rings. The number of carbonyl (C=O) groups excluding carboxylic acids is 4. The van der Waals surface area contributed by atoms with Crippen LogP contribution in [0.4, 0.5) is 10.1 Å². The van der Waals surface area contributed by atoms with Crippen molar-refractivity contribution in [1.29, 1.82) is 0 Å². The molecule has 4 aromatic rings. The molecule has 2 aliphatic carbocycles. The number of nitrogens with one attached hydrogen (secondary N) is 3. The molecule has 6 rings (SSSR count). The third-order valence-electron chi connectivity index (χ3n) is 9.80. The van der Waals surface area contributed by atoms with Crippen LogP contribution >= 0.6 is 0 Å². The number of nitrogens with zero attached hydrogens (tertiary/aromatic N) is 1. The lowest BCUT2D eigenvalue weighted by molar-refractivity contribution is -0.146. The van der Waals surface area contributed by atoms with E-state index in [1.54, 1.807) is 18.2 Å². The summed E-state index contributed by atoms with van der Waals surface area (Å²) in [6, 6.07) is 14.7. The summed E-state index contributed by atoms with van der Waals surface area (Å²) >= 11 is 0. The van der Waals surface area contributed by atoms with Crippen molar-refractivity contribution < 1.29 is 51.4 Å². The van der Waals surface area contributed by atoms with Gasteiger partial charge in [0, 0.05) is 42.2 Å². The average molecular weight is 775 g/mol. The van der Waals surface area contributed by atoms with Crippen LogP contribution in [0.5, 0.6) is 0 Å². The fourth-order valence-corrected chi connectivity index (χ4v) is 7.78. The number of carboxylic acid groups (broad SMARTS) is 1. The van der Waals surface area contributed by atoms with Gasteiger partial charge in [-0.15, -0.1) is 0 Å². The van der Waals surface area contributed by atoms with Crippen molar-refractivity contribution in [3.8, 4) is 11.3 Å². The van der Waals surface area contributed by atoms with E-state index in [9.17, 15) is 41.9 Å². The van der Waals surface area contributed by atoms with Crippen molar-refractivity contribution in [2.45, 2.75) is 56.5 Å². The van der Waals surface area contributed by atoms with E-state index in [1.807, 2.05) is 0 Å². The van der Waals surface area contributed by atoms with E-state index >= 15 is 0 Å². The third-order valence-corrected chi connectivity index (χ3v) is 10.9. The summed E-state index contributed by atoms with van der Waals surface area (Å²) in [4.78, 5) is 63.1. The Bertz CT molecular complexity index is 2340. The summed E-state index contributed by atoms with van der Waals surface area (Å²) < 4.78 is 47.8. The lowest BCUT2D eigenvalue weighted by Crippen LogP contribution is -2.58. The third kappa shape index (κ3) is 8.38. The summed E-state index contributed by atoms with van der Waals surface area (Å²) in [5.74, 6) is -5.63. The van der Waals surface area contributed by atoms with Crippen LogP contribution in [0.15, 0.2) is 71.2 Å². The molecule has 0 aliphatic heterocycles. The quantitative estimate of drug-likeness (QED) is 0.0686. The number of ketones is 1. The molecular weight excluding hydrogens is 736 g/mol. The molecule has 0 unspecified atom stereocenters. The van der Waals surface area contributed by atoms with Gasteiger partial charge in [-0.1, -0.05) is 31.0 Å². The number of carbonyl (C=O) groups is 5. The van der Waals surface area contributed by atoms with Gasteiger partial charge in [0.15, 0.2) is 0 Å². The van der Waals surface area contributed by atoms with Crippen LogP contribution in [0.25, 0.3) is 28.1 Å². The highest BCUT2D eigenvalue weighted by Crippen LogP contribution is 2.48. The van der Waals surface area contributed by atoms with Gasteiger partial charge in [0.1, 0.15) is 35.0 Å². The van der Waals surface area contributed by atoms with Gasteiger partial charge in [-0.2, -0.15) is 0 Å². The second-order valence-corrected chi connectivity index (χ2v) is 15.7. The second kappa shape index (κ2) is 15.4. The maximum atomic E-state index is 13.8. The number of sulfonamides is 1. The molecule has 0 bridgehead atoms. The number of amides is 3. The van der Waals surface area contributed by atoms with Crippen molar-refractivity contribution in [3.63, 3.8) is 0 Å². The number of halogens is 1. The minimum atomic E-state index is -4.10. The number of fused-ring (bicyclic) bond motifs is 1. The molecular formula is C39H39FN4O10S. The second-order valence-electron chi connectivity index (χ2n) is 13.8. The van der Waals surface area contributed by atoms with Gasteiger partial charge in [-0.05, 0) is 79.1 Å². The van der Waals surface area contributed by atoms with Crippen LogP contribution in [-0.4, -0.2) is 73.5 Å². The van der Waals surface area contributed by atoms with Crippen molar-refractivity contribution in [1.82, 2.24) is 16.0 Å². The largest absolute Gasteiger partial charge is 0.507 e. The Balaban J connectivity index is 1.26. The number of furan rings is 1. The zero-order valence-electron chi connectivity index (χ0n) is 30.0. The number of anilines is 1. The summed E-state index contributed by atoms with van der Waals surface area (Å²) in [5.41, 5.74) is 0.933. The fraction of sp³-hybridized carbons (Fsp3) is 0.308. The highest BCUT2D eigenvalue weighted by Gasteiger charge is 2.43. The number of aliphatic hydroxyl groups excluding tert-OH is 1. The Labute approximate surface area is 315 Å². The molecule has 55 heavy (non-hydrogen) atoms. The first-order valence-corrected chi connectivity index (χ1v) is 19.4. The van der Waals surface area contributed by atoms with Crippen LogP contribution < -0.4 is 20.3 Å². The first kappa shape index (κ1) is 38.7. The van der Waals surface area contributed by atoms with Crippen molar-refractivity contribution in [3.05, 3.63) is 94.8 Å². The Morgan fingerprint density at radius 3 is 2.31 bits per heavy atom. The zero-order chi connectivity index (χ0) is 39.7. The maximum absolute atomic E-state index is 13.8. The molecule has 5 N–H and O–H groups in total. The SMILES string of the molecule is CNC(=O)c1c(-c2ccc(F)cc2)oc2cc(N(CC(=O)NC3(C(=O)NCc4cccc(C(O)=CC(=O)C(=O)O)c4)CCCC3)S(C)(=O)=O)c(C3CC3)cc12. The van der Waals surface area contributed by atoms with Gasteiger partial charge in [0.2, 0.25) is 21.8 Å². The number of aliphatic carboxylic acids is 1. The summed E-state index contributed by atoms with van der Waals surface area (Å²) in [5, 5.41) is 27.7. The molecule has 0 radical (unpaired) electrons. The van der Waals surface area contributed by atoms with Crippen LogP contribution in [-0.2, 0) is 35.7 Å². The minimum absolute atomic E-state index is 0.0359. The van der Waals surface area contributed by atoms with E-state index in [2.05, 4.69) is 16.0 Å². The van der Waals surface area contributed by atoms with Crippen LogP contribution in [0.1, 0.15) is 71.5 Å². The predicted octanol–water partition coefficient (Wildman–Crippen LogP) is 4.54. The number of hydrogen-bond donors (Lipinski definition) is 5. The number of rotatable bonds is 14. The highest BCUT2D eigenvalue weighted by molar-refractivity contribution is 7.92. The summed E-state index contributed by atoms with van der Waals surface area (Å²) in [6.07, 6.45) is 4.90. The standard InChI is InChI=1S/C39H39FN4O10S/c1-41-36(48)34-28-17-27(23-8-9-23)29(18-32(28)54-35(34)24-10-12-26(40)13-11-24)44(55(2,52)53)21-33(47)43-39(14-3-4-15-39)38(51)42-20-22-6-5-7-25(16-22)30(45)19-31(46)37(49)50/h5-7,10-13,16-19,23,45H,3-4,8-9,14-15,20-21H2,1-2H3,(H,41,48)(H,42,51)(H,43,47)(H,49,50). The van der Waals surface area contributed by atoms with Gasteiger partial charge in [-0.25, -0.2) is 17.6 Å². The predicted molar refractivity (Wildman–Crippen MR) is 200 cm³/mol. The summed E-state index contributed by atoms with van der Waals surface area (Å²) in [7, 11) is -2.64. The molecule has 0 atom stereocenters. The molecule has 0 spiro atoms.